The van der Waals surface area contributed by atoms with E-state index in [0.717, 1.165) is 15.4 Å². The number of nitrogens with one attached hydrogen (secondary N) is 3. The van der Waals surface area contributed by atoms with Crippen LogP contribution in [0.25, 0.3) is 0 Å². The molecule has 2 rings (SSSR count). The van der Waals surface area contributed by atoms with Gasteiger partial charge in [-0.2, -0.15) is 0 Å². The van der Waals surface area contributed by atoms with Gasteiger partial charge in [0.05, 0.1) is 18.0 Å². The second-order valence-electron chi connectivity index (χ2n) is 5.68. The van der Waals surface area contributed by atoms with Crippen LogP contribution in [0.1, 0.15) is 15.4 Å². The second-order valence-corrected chi connectivity index (χ2v) is 8.77. The van der Waals surface area contributed by atoms with Gasteiger partial charge >= 0.3 is 0 Å². The number of thiazole rings is 1. The van der Waals surface area contributed by atoms with Gasteiger partial charge in [-0.05, 0) is 24.6 Å². The van der Waals surface area contributed by atoms with Crippen LogP contribution in [-0.2, 0) is 27.8 Å². The summed E-state index contributed by atoms with van der Waals surface area (Å²) in [6.45, 7) is 3.59. The predicted molar refractivity (Wildman–Crippen MR) is 107 cm³/mol. The fraction of sp³-hybridized carbons (Fsp3) is 0.412. The van der Waals surface area contributed by atoms with Crippen LogP contribution in [0.3, 0.4) is 0 Å². The maximum Gasteiger partial charge on any atom is 0.240 e. The number of rotatable bonds is 9. The lowest BCUT2D eigenvalue weighted by Gasteiger charge is -2.12. The number of aromatic nitrogens is 1. The highest BCUT2D eigenvalue weighted by molar-refractivity contribution is 7.89. The molecule has 0 spiro atoms. The minimum Gasteiger partial charge on any atom is -0.383 e. The molecule has 0 saturated heterocycles. The van der Waals surface area contributed by atoms with Crippen molar-refractivity contribution in [2.45, 2.75) is 24.9 Å². The summed E-state index contributed by atoms with van der Waals surface area (Å²) in [4.78, 5) is 9.85. The molecular weight excluding hydrogens is 386 g/mol. The molecule has 1 aromatic carbocycles. The third-order valence-corrected chi connectivity index (χ3v) is 5.94. The van der Waals surface area contributed by atoms with Crippen molar-refractivity contribution in [2.24, 2.45) is 4.99 Å². The fourth-order valence-electron chi connectivity index (χ4n) is 2.23. The SMILES string of the molecule is CN=C(NCc1cccc(S(=O)(=O)NCCOC)c1)NCc1ncc(C)s1. The van der Waals surface area contributed by atoms with Gasteiger partial charge in [0.25, 0.3) is 0 Å². The van der Waals surface area contributed by atoms with E-state index in [1.165, 1.54) is 7.11 Å². The lowest BCUT2D eigenvalue weighted by Crippen LogP contribution is -2.36. The van der Waals surface area contributed by atoms with Gasteiger partial charge in [-0.3, -0.25) is 4.99 Å². The molecule has 1 aromatic heterocycles. The third kappa shape index (κ3) is 6.90. The average Bonchev–Trinajstić information content (AvgIpc) is 3.07. The van der Waals surface area contributed by atoms with Crippen LogP contribution in [0.15, 0.2) is 40.4 Å². The molecule has 0 amide bonds. The number of hydrogen-bond donors (Lipinski definition) is 3. The molecule has 1 heterocycles. The number of sulfonamides is 1. The second kappa shape index (κ2) is 10.4. The van der Waals surface area contributed by atoms with Gasteiger partial charge in [0.2, 0.25) is 10.0 Å². The number of guanidine groups is 1. The molecule has 0 aliphatic carbocycles. The first-order chi connectivity index (χ1) is 12.9. The Bertz CT molecular complexity index is 865. The molecule has 8 nitrogen and oxygen atoms in total. The summed E-state index contributed by atoms with van der Waals surface area (Å²) in [5.74, 6) is 0.620. The number of aryl methyl sites for hydroxylation is 1. The van der Waals surface area contributed by atoms with Crippen molar-refractivity contribution in [2.75, 3.05) is 27.3 Å². The molecule has 0 radical (unpaired) electrons. The average molecular weight is 412 g/mol. The molecule has 10 heteroatoms. The maximum absolute atomic E-state index is 12.3. The zero-order valence-electron chi connectivity index (χ0n) is 15.7. The molecule has 0 fully saturated rings. The number of aliphatic imine (C=N–C) groups is 1. The molecule has 3 N–H and O–H groups in total. The number of ether oxygens (including phenoxy) is 1. The standard InChI is InChI=1S/C17H25N5O3S2/c1-13-10-19-16(26-13)12-21-17(18-2)20-11-14-5-4-6-15(9-14)27(23,24)22-7-8-25-3/h4-6,9-10,22H,7-8,11-12H2,1-3H3,(H2,18,20,21). The van der Waals surface area contributed by atoms with E-state index in [1.54, 1.807) is 36.6 Å². The van der Waals surface area contributed by atoms with Gasteiger partial charge in [-0.15, -0.1) is 11.3 Å². The number of benzene rings is 1. The Morgan fingerprint density at radius 2 is 2.07 bits per heavy atom. The van der Waals surface area contributed by atoms with Gasteiger partial charge < -0.3 is 15.4 Å². The highest BCUT2D eigenvalue weighted by atomic mass is 32.2. The van der Waals surface area contributed by atoms with Crippen LogP contribution < -0.4 is 15.4 Å². The van der Waals surface area contributed by atoms with Crippen LogP contribution in [0, 0.1) is 6.92 Å². The minimum atomic E-state index is -3.55. The molecule has 0 unspecified atom stereocenters. The van der Waals surface area contributed by atoms with Crippen LogP contribution in [0.5, 0.6) is 0 Å². The van der Waals surface area contributed by atoms with Crippen molar-refractivity contribution in [3.63, 3.8) is 0 Å². The van der Waals surface area contributed by atoms with E-state index in [4.69, 9.17) is 4.74 Å². The zero-order valence-corrected chi connectivity index (χ0v) is 17.3. The number of nitrogens with zero attached hydrogens (tertiary/aromatic N) is 2. The summed E-state index contributed by atoms with van der Waals surface area (Å²) in [5.41, 5.74) is 0.831. The Hall–Kier alpha value is -2.01. The fourth-order valence-corrected chi connectivity index (χ4v) is 4.04. The highest BCUT2D eigenvalue weighted by Gasteiger charge is 2.13. The van der Waals surface area contributed by atoms with Crippen molar-refractivity contribution in [3.8, 4) is 0 Å². The molecule has 0 aliphatic heterocycles. The molecule has 0 aliphatic rings. The van der Waals surface area contributed by atoms with Crippen molar-refractivity contribution in [3.05, 3.63) is 45.9 Å². The van der Waals surface area contributed by atoms with Crippen molar-refractivity contribution >= 4 is 27.3 Å². The summed E-state index contributed by atoms with van der Waals surface area (Å²) in [6.07, 6.45) is 1.84. The Kier molecular flexibility index (Phi) is 8.17. The summed E-state index contributed by atoms with van der Waals surface area (Å²) in [6, 6.07) is 6.78. The highest BCUT2D eigenvalue weighted by Crippen LogP contribution is 2.12. The van der Waals surface area contributed by atoms with Crippen LogP contribution in [0.2, 0.25) is 0 Å². The van der Waals surface area contributed by atoms with E-state index in [9.17, 15) is 8.42 Å². The van der Waals surface area contributed by atoms with Crippen molar-refractivity contribution in [1.82, 2.24) is 20.3 Å². The smallest absolute Gasteiger partial charge is 0.240 e. The Morgan fingerprint density at radius 1 is 1.30 bits per heavy atom. The van der Waals surface area contributed by atoms with E-state index in [2.05, 4.69) is 25.3 Å². The predicted octanol–water partition coefficient (Wildman–Crippen LogP) is 1.24. The largest absolute Gasteiger partial charge is 0.383 e. The molecule has 0 bridgehead atoms. The summed E-state index contributed by atoms with van der Waals surface area (Å²) < 4.78 is 31.9. The quantitative estimate of drug-likeness (QED) is 0.326. The Balaban J connectivity index is 1.92. The molecule has 148 valence electrons. The molecule has 0 atom stereocenters. The summed E-state index contributed by atoms with van der Waals surface area (Å²) in [7, 11) is -0.345. The molecular formula is C17H25N5O3S2. The maximum atomic E-state index is 12.3. The minimum absolute atomic E-state index is 0.221. The van der Waals surface area contributed by atoms with Crippen LogP contribution >= 0.6 is 11.3 Å². The van der Waals surface area contributed by atoms with Crippen LogP contribution in [0.4, 0.5) is 0 Å². The summed E-state index contributed by atoms with van der Waals surface area (Å²) >= 11 is 1.63. The van der Waals surface area contributed by atoms with Crippen molar-refractivity contribution in [1.29, 1.82) is 0 Å². The monoisotopic (exact) mass is 411 g/mol. The summed E-state index contributed by atoms with van der Waals surface area (Å²) in [5, 5.41) is 7.34. The van der Waals surface area contributed by atoms with E-state index in [1.807, 2.05) is 19.2 Å². The molecule has 0 saturated carbocycles. The first-order valence-electron chi connectivity index (χ1n) is 8.38. The van der Waals surface area contributed by atoms with Crippen LogP contribution in [-0.4, -0.2) is 46.7 Å². The molecule has 2 aromatic rings. The third-order valence-electron chi connectivity index (χ3n) is 3.57. The van der Waals surface area contributed by atoms with Gasteiger partial charge in [-0.25, -0.2) is 18.1 Å². The van der Waals surface area contributed by atoms with E-state index >= 15 is 0 Å². The van der Waals surface area contributed by atoms with Gasteiger partial charge in [0.1, 0.15) is 5.01 Å². The first-order valence-corrected chi connectivity index (χ1v) is 10.7. The Morgan fingerprint density at radius 3 is 2.74 bits per heavy atom. The topological polar surface area (TPSA) is 105 Å². The normalized spacial score (nSPS) is 12.2. The zero-order chi connectivity index (χ0) is 19.7. The number of methoxy groups -OCH3 is 1. The lowest BCUT2D eigenvalue weighted by molar-refractivity contribution is 0.204. The van der Waals surface area contributed by atoms with E-state index in [0.29, 0.717) is 25.7 Å². The van der Waals surface area contributed by atoms with E-state index in [-0.39, 0.29) is 11.4 Å². The van der Waals surface area contributed by atoms with Gasteiger partial charge in [-0.1, -0.05) is 12.1 Å². The number of hydrogen-bond acceptors (Lipinski definition) is 6. The van der Waals surface area contributed by atoms with E-state index < -0.39 is 10.0 Å². The Labute approximate surface area is 164 Å². The van der Waals surface area contributed by atoms with Crippen molar-refractivity contribution < 1.29 is 13.2 Å². The lowest BCUT2D eigenvalue weighted by atomic mass is 10.2. The molecule has 27 heavy (non-hydrogen) atoms. The van der Waals surface area contributed by atoms with Gasteiger partial charge in [0.15, 0.2) is 5.96 Å². The van der Waals surface area contributed by atoms with Gasteiger partial charge in [0, 0.05) is 38.3 Å². The first kappa shape index (κ1) is 21.3.